The number of halogens is 3. The van der Waals surface area contributed by atoms with E-state index in [1.165, 1.54) is 24.4 Å². The fraction of sp³-hybridized carbons (Fsp3) is 0. The molecule has 1 heterocycles. The number of hydrogen-bond acceptors (Lipinski definition) is 3. The van der Waals surface area contributed by atoms with Gasteiger partial charge in [0.2, 0.25) is 0 Å². The average molecular weight is 348 g/mol. The molecule has 21 heavy (non-hydrogen) atoms. The van der Waals surface area contributed by atoms with Crippen molar-refractivity contribution in [2.45, 2.75) is 0 Å². The van der Waals surface area contributed by atoms with Gasteiger partial charge in [0.15, 0.2) is 5.82 Å². The molecule has 0 saturated carbocycles. The molecule has 0 aliphatic carbocycles. The molecule has 0 N–H and O–H groups in total. The quantitative estimate of drug-likeness (QED) is 0.695. The zero-order valence-electron chi connectivity index (χ0n) is 10.6. The molecule has 0 amide bonds. The Labute approximate surface area is 127 Å². The smallest absolute Gasteiger partial charge is 0.181 e. The van der Waals surface area contributed by atoms with Crippen LogP contribution >= 0.6 is 15.9 Å². The Kier molecular flexibility index (Phi) is 3.70. The van der Waals surface area contributed by atoms with Crippen LogP contribution in [0.15, 0.2) is 53.1 Å². The largest absolute Gasteiger partial charge is 0.233 e. The van der Waals surface area contributed by atoms with Crippen LogP contribution in [0.5, 0.6) is 0 Å². The van der Waals surface area contributed by atoms with Crippen molar-refractivity contribution in [1.82, 2.24) is 15.2 Å². The fourth-order valence-corrected chi connectivity index (χ4v) is 2.13. The van der Waals surface area contributed by atoms with E-state index in [-0.39, 0.29) is 11.3 Å². The Hall–Kier alpha value is -2.21. The van der Waals surface area contributed by atoms with Gasteiger partial charge in [-0.15, -0.1) is 10.2 Å². The molecular formula is C15H8BrF2N3. The van der Waals surface area contributed by atoms with Gasteiger partial charge in [-0.2, -0.15) is 0 Å². The summed E-state index contributed by atoms with van der Waals surface area (Å²) in [5, 5.41) is 7.79. The van der Waals surface area contributed by atoms with E-state index in [0.29, 0.717) is 5.82 Å². The minimum atomic E-state index is -0.692. The summed E-state index contributed by atoms with van der Waals surface area (Å²) in [4.78, 5) is 4.11. The Morgan fingerprint density at radius 3 is 2.10 bits per heavy atom. The fourth-order valence-electron chi connectivity index (χ4n) is 1.86. The molecule has 0 aliphatic heterocycles. The van der Waals surface area contributed by atoms with Crippen molar-refractivity contribution in [3.05, 3.63) is 64.8 Å². The molecule has 0 radical (unpaired) electrons. The lowest BCUT2D eigenvalue weighted by Crippen LogP contribution is -1.98. The molecule has 6 heteroatoms. The van der Waals surface area contributed by atoms with Gasteiger partial charge in [0.1, 0.15) is 17.3 Å². The first-order chi connectivity index (χ1) is 10.1. The first-order valence-corrected chi connectivity index (χ1v) is 6.84. The molecule has 0 bridgehead atoms. The standard InChI is InChI=1S/C15H8BrF2N3/c16-10-6-4-9(5-7-10)15-19-8-13(20-21-15)14-11(17)2-1-3-12(14)18/h1-8H. The third-order valence-electron chi connectivity index (χ3n) is 2.88. The number of nitrogens with zero attached hydrogens (tertiary/aromatic N) is 3. The second-order valence-corrected chi connectivity index (χ2v) is 5.19. The van der Waals surface area contributed by atoms with Crippen molar-refractivity contribution >= 4 is 15.9 Å². The molecule has 2 aromatic carbocycles. The number of rotatable bonds is 2. The number of aromatic nitrogens is 3. The summed E-state index contributed by atoms with van der Waals surface area (Å²) in [5.74, 6) is -0.993. The normalized spacial score (nSPS) is 10.6. The van der Waals surface area contributed by atoms with Crippen LogP contribution in [0, 0.1) is 11.6 Å². The second kappa shape index (κ2) is 5.65. The van der Waals surface area contributed by atoms with Crippen molar-refractivity contribution in [2.75, 3.05) is 0 Å². The van der Waals surface area contributed by atoms with Crippen LogP contribution < -0.4 is 0 Å². The molecular weight excluding hydrogens is 340 g/mol. The van der Waals surface area contributed by atoms with E-state index in [0.717, 1.165) is 10.0 Å². The summed E-state index contributed by atoms with van der Waals surface area (Å²) in [6.07, 6.45) is 1.31. The predicted octanol–water partition coefficient (Wildman–Crippen LogP) is 4.25. The molecule has 0 unspecified atom stereocenters. The van der Waals surface area contributed by atoms with Crippen LogP contribution in [0.1, 0.15) is 0 Å². The molecule has 1 aromatic heterocycles. The summed E-state index contributed by atoms with van der Waals surface area (Å²) in [7, 11) is 0. The SMILES string of the molecule is Fc1cccc(F)c1-c1cnc(-c2ccc(Br)cc2)nn1. The van der Waals surface area contributed by atoms with E-state index >= 15 is 0 Å². The predicted molar refractivity (Wildman–Crippen MR) is 78.3 cm³/mol. The van der Waals surface area contributed by atoms with Crippen LogP contribution in [-0.4, -0.2) is 15.2 Å². The highest BCUT2D eigenvalue weighted by Gasteiger charge is 2.13. The Morgan fingerprint density at radius 2 is 1.52 bits per heavy atom. The van der Waals surface area contributed by atoms with Gasteiger partial charge < -0.3 is 0 Å². The first kappa shape index (κ1) is 13.8. The highest BCUT2D eigenvalue weighted by Crippen LogP contribution is 2.24. The summed E-state index contributed by atoms with van der Waals surface area (Å²) in [6, 6.07) is 11.0. The first-order valence-electron chi connectivity index (χ1n) is 6.05. The Bertz CT molecular complexity index is 754. The topological polar surface area (TPSA) is 38.7 Å². The molecule has 0 spiro atoms. The van der Waals surface area contributed by atoms with Gasteiger partial charge in [-0.1, -0.05) is 34.1 Å². The van der Waals surface area contributed by atoms with Crippen molar-refractivity contribution in [1.29, 1.82) is 0 Å². The van der Waals surface area contributed by atoms with E-state index < -0.39 is 11.6 Å². The number of hydrogen-bond donors (Lipinski definition) is 0. The zero-order chi connectivity index (χ0) is 14.8. The maximum absolute atomic E-state index is 13.7. The Morgan fingerprint density at radius 1 is 0.857 bits per heavy atom. The van der Waals surface area contributed by atoms with Crippen LogP contribution in [0.4, 0.5) is 8.78 Å². The average Bonchev–Trinajstić information content (AvgIpc) is 2.49. The van der Waals surface area contributed by atoms with Gasteiger partial charge in [-0.25, -0.2) is 13.8 Å². The molecule has 0 fully saturated rings. The minimum absolute atomic E-state index is 0.0615. The monoisotopic (exact) mass is 347 g/mol. The van der Waals surface area contributed by atoms with E-state index in [9.17, 15) is 8.78 Å². The van der Waals surface area contributed by atoms with Crippen molar-refractivity contribution < 1.29 is 8.78 Å². The maximum Gasteiger partial charge on any atom is 0.181 e. The van der Waals surface area contributed by atoms with Crippen molar-refractivity contribution in [3.63, 3.8) is 0 Å². The number of benzene rings is 2. The van der Waals surface area contributed by atoms with Gasteiger partial charge in [-0.05, 0) is 24.3 Å². The van der Waals surface area contributed by atoms with Crippen LogP contribution in [-0.2, 0) is 0 Å². The third kappa shape index (κ3) is 2.80. The van der Waals surface area contributed by atoms with Gasteiger partial charge in [-0.3, -0.25) is 0 Å². The lowest BCUT2D eigenvalue weighted by Gasteiger charge is -2.04. The highest BCUT2D eigenvalue weighted by molar-refractivity contribution is 9.10. The summed E-state index contributed by atoms with van der Waals surface area (Å²) in [6.45, 7) is 0. The summed E-state index contributed by atoms with van der Waals surface area (Å²) < 4.78 is 28.3. The summed E-state index contributed by atoms with van der Waals surface area (Å²) in [5.41, 5.74) is 0.609. The van der Waals surface area contributed by atoms with Crippen LogP contribution in [0.3, 0.4) is 0 Å². The molecule has 3 nitrogen and oxygen atoms in total. The van der Waals surface area contributed by atoms with E-state index in [4.69, 9.17) is 0 Å². The van der Waals surface area contributed by atoms with Crippen LogP contribution in [0.2, 0.25) is 0 Å². The molecule has 3 aromatic rings. The maximum atomic E-state index is 13.7. The van der Waals surface area contributed by atoms with E-state index in [1.54, 1.807) is 0 Å². The van der Waals surface area contributed by atoms with Gasteiger partial charge in [0.05, 0.1) is 11.8 Å². The van der Waals surface area contributed by atoms with Gasteiger partial charge in [0.25, 0.3) is 0 Å². The van der Waals surface area contributed by atoms with Gasteiger partial charge in [0, 0.05) is 10.0 Å². The second-order valence-electron chi connectivity index (χ2n) is 4.27. The zero-order valence-corrected chi connectivity index (χ0v) is 12.2. The lowest BCUT2D eigenvalue weighted by atomic mass is 10.1. The molecule has 0 aliphatic rings. The highest BCUT2D eigenvalue weighted by atomic mass is 79.9. The van der Waals surface area contributed by atoms with Crippen molar-refractivity contribution in [2.24, 2.45) is 0 Å². The molecule has 0 atom stereocenters. The minimum Gasteiger partial charge on any atom is -0.233 e. The van der Waals surface area contributed by atoms with Gasteiger partial charge >= 0.3 is 0 Å². The Balaban J connectivity index is 2.00. The lowest BCUT2D eigenvalue weighted by molar-refractivity contribution is 0.588. The van der Waals surface area contributed by atoms with E-state index in [1.807, 2.05) is 24.3 Å². The van der Waals surface area contributed by atoms with Crippen molar-refractivity contribution in [3.8, 4) is 22.6 Å². The van der Waals surface area contributed by atoms with E-state index in [2.05, 4.69) is 31.1 Å². The molecule has 104 valence electrons. The third-order valence-corrected chi connectivity index (χ3v) is 3.41. The van der Waals surface area contributed by atoms with Crippen LogP contribution in [0.25, 0.3) is 22.6 Å². The molecule has 0 saturated heterocycles. The summed E-state index contributed by atoms with van der Waals surface area (Å²) >= 11 is 3.34. The molecule has 3 rings (SSSR count).